The zero-order valence-corrected chi connectivity index (χ0v) is 15.6. The van der Waals surface area contributed by atoms with Gasteiger partial charge in [0.05, 0.1) is 11.4 Å². The van der Waals surface area contributed by atoms with Gasteiger partial charge in [-0.1, -0.05) is 57.9 Å². The number of aliphatic imine (C=N–C) groups is 2. The average Bonchev–Trinajstić information content (AvgIpc) is 2.65. The van der Waals surface area contributed by atoms with E-state index in [-0.39, 0.29) is 5.92 Å². The van der Waals surface area contributed by atoms with Crippen molar-refractivity contribution in [2.45, 2.75) is 52.4 Å². The maximum absolute atomic E-state index is 11.0. The van der Waals surface area contributed by atoms with Gasteiger partial charge in [0.25, 0.3) is 0 Å². The summed E-state index contributed by atoms with van der Waals surface area (Å²) < 4.78 is 0. The highest BCUT2D eigenvalue weighted by atomic mass is 16.1. The quantitative estimate of drug-likeness (QED) is 0.455. The molecule has 4 heteroatoms. The van der Waals surface area contributed by atoms with E-state index in [4.69, 9.17) is 0 Å². The van der Waals surface area contributed by atoms with E-state index in [9.17, 15) is 9.59 Å². The molecule has 0 spiro atoms. The lowest BCUT2D eigenvalue weighted by atomic mass is 9.83. The molecule has 0 bridgehead atoms. The molecule has 0 aliphatic rings. The van der Waals surface area contributed by atoms with E-state index in [1.54, 1.807) is 24.3 Å². The standard InChI is InChI=1S/C22H24N2O2/c1-4-8-17-10-6-7-11-18(17)16(3)22-19(9-5-2)20(23-14-25)12-13-21(22)24-15-26/h6-7,10-13,16H,4-5,8-9H2,1-3H3. The van der Waals surface area contributed by atoms with Gasteiger partial charge in [-0.05, 0) is 47.2 Å². The Morgan fingerprint density at radius 3 is 2.15 bits per heavy atom. The van der Waals surface area contributed by atoms with Crippen LogP contribution in [0.25, 0.3) is 0 Å². The van der Waals surface area contributed by atoms with Gasteiger partial charge in [-0.3, -0.25) is 0 Å². The normalized spacial score (nSPS) is 11.3. The first kappa shape index (κ1) is 19.5. The smallest absolute Gasteiger partial charge is 0.211 e. The first-order chi connectivity index (χ1) is 12.7. The summed E-state index contributed by atoms with van der Waals surface area (Å²) in [5.41, 5.74) is 5.58. The molecule has 0 aliphatic carbocycles. The Morgan fingerprint density at radius 1 is 0.885 bits per heavy atom. The van der Waals surface area contributed by atoms with Crippen LogP contribution in [-0.4, -0.2) is 12.2 Å². The Bertz CT molecular complexity index is 860. The number of nitrogens with zero attached hydrogens (tertiary/aromatic N) is 2. The first-order valence-corrected chi connectivity index (χ1v) is 9.07. The van der Waals surface area contributed by atoms with Crippen LogP contribution < -0.4 is 0 Å². The summed E-state index contributed by atoms with van der Waals surface area (Å²) >= 11 is 0. The molecule has 0 heterocycles. The van der Waals surface area contributed by atoms with Crippen molar-refractivity contribution in [1.82, 2.24) is 0 Å². The van der Waals surface area contributed by atoms with E-state index in [0.29, 0.717) is 11.4 Å². The SMILES string of the molecule is CCCc1ccccc1C(C)c1c(N=C=O)ccc(N=C=O)c1CCC. The molecular formula is C22H24N2O2. The van der Waals surface area contributed by atoms with Crippen LogP contribution in [0.1, 0.15) is 61.8 Å². The summed E-state index contributed by atoms with van der Waals surface area (Å²) in [6.07, 6.45) is 6.98. The van der Waals surface area contributed by atoms with E-state index >= 15 is 0 Å². The van der Waals surface area contributed by atoms with E-state index in [1.165, 1.54) is 11.1 Å². The monoisotopic (exact) mass is 348 g/mol. The molecule has 0 N–H and O–H groups in total. The fourth-order valence-corrected chi connectivity index (χ4v) is 3.55. The number of benzene rings is 2. The molecule has 4 nitrogen and oxygen atoms in total. The number of carbonyl (C=O) groups excluding carboxylic acids is 2. The van der Waals surface area contributed by atoms with Crippen molar-refractivity contribution in [2.24, 2.45) is 9.98 Å². The zero-order valence-electron chi connectivity index (χ0n) is 15.6. The van der Waals surface area contributed by atoms with Crippen LogP contribution in [0.5, 0.6) is 0 Å². The molecule has 1 atom stereocenters. The third kappa shape index (κ3) is 4.23. The van der Waals surface area contributed by atoms with Gasteiger partial charge in [-0.2, -0.15) is 9.98 Å². The number of hydrogen-bond acceptors (Lipinski definition) is 4. The molecule has 0 amide bonds. The largest absolute Gasteiger partial charge is 0.240 e. The van der Waals surface area contributed by atoms with E-state index in [2.05, 4.69) is 42.9 Å². The summed E-state index contributed by atoms with van der Waals surface area (Å²) in [7, 11) is 0. The zero-order chi connectivity index (χ0) is 18.9. The fourth-order valence-electron chi connectivity index (χ4n) is 3.55. The van der Waals surface area contributed by atoms with Gasteiger partial charge in [0.2, 0.25) is 12.2 Å². The summed E-state index contributed by atoms with van der Waals surface area (Å²) in [5.74, 6) is 0.0215. The van der Waals surface area contributed by atoms with Gasteiger partial charge in [0.1, 0.15) is 0 Å². The second kappa shape index (κ2) is 9.62. The van der Waals surface area contributed by atoms with Crippen molar-refractivity contribution < 1.29 is 9.59 Å². The molecule has 1 unspecified atom stereocenters. The maximum atomic E-state index is 11.0. The summed E-state index contributed by atoms with van der Waals surface area (Å²) in [6.45, 7) is 6.34. The number of hydrogen-bond donors (Lipinski definition) is 0. The molecule has 2 aromatic carbocycles. The average molecular weight is 348 g/mol. The van der Waals surface area contributed by atoms with Crippen molar-refractivity contribution >= 4 is 23.5 Å². The lowest BCUT2D eigenvalue weighted by Gasteiger charge is -2.22. The van der Waals surface area contributed by atoms with Crippen LogP contribution in [-0.2, 0) is 22.4 Å². The minimum Gasteiger partial charge on any atom is -0.211 e. The maximum Gasteiger partial charge on any atom is 0.240 e. The lowest BCUT2D eigenvalue weighted by Crippen LogP contribution is -2.05. The van der Waals surface area contributed by atoms with Crippen LogP contribution >= 0.6 is 0 Å². The highest BCUT2D eigenvalue weighted by Gasteiger charge is 2.21. The Kier molecular flexibility index (Phi) is 7.23. The number of isocyanates is 2. The second-order valence-electron chi connectivity index (χ2n) is 6.32. The van der Waals surface area contributed by atoms with Crippen LogP contribution in [0.4, 0.5) is 11.4 Å². The van der Waals surface area contributed by atoms with E-state index < -0.39 is 0 Å². The summed E-state index contributed by atoms with van der Waals surface area (Å²) in [6, 6.07) is 11.8. The second-order valence-corrected chi connectivity index (χ2v) is 6.32. The first-order valence-electron chi connectivity index (χ1n) is 9.07. The number of rotatable bonds is 8. The van der Waals surface area contributed by atoms with Gasteiger partial charge in [-0.25, -0.2) is 9.59 Å². The molecule has 0 saturated heterocycles. The predicted molar refractivity (Wildman–Crippen MR) is 104 cm³/mol. The molecule has 2 rings (SSSR count). The van der Waals surface area contributed by atoms with Gasteiger partial charge in [0, 0.05) is 5.92 Å². The van der Waals surface area contributed by atoms with E-state index in [0.717, 1.165) is 36.8 Å². The van der Waals surface area contributed by atoms with Gasteiger partial charge in [0.15, 0.2) is 0 Å². The molecule has 0 radical (unpaired) electrons. The van der Waals surface area contributed by atoms with Gasteiger partial charge >= 0.3 is 0 Å². The summed E-state index contributed by atoms with van der Waals surface area (Å²) in [5, 5.41) is 0. The third-order valence-electron chi connectivity index (χ3n) is 4.62. The summed E-state index contributed by atoms with van der Waals surface area (Å²) in [4.78, 5) is 29.6. The Labute approximate surface area is 154 Å². The third-order valence-corrected chi connectivity index (χ3v) is 4.62. The highest BCUT2D eigenvalue weighted by molar-refractivity contribution is 5.68. The molecule has 2 aromatic rings. The minimum absolute atomic E-state index is 0.0215. The Morgan fingerprint density at radius 2 is 1.50 bits per heavy atom. The van der Waals surface area contributed by atoms with Crippen molar-refractivity contribution in [3.63, 3.8) is 0 Å². The fraction of sp³-hybridized carbons (Fsp3) is 0.364. The van der Waals surface area contributed by atoms with Gasteiger partial charge < -0.3 is 0 Å². The van der Waals surface area contributed by atoms with Crippen molar-refractivity contribution in [2.75, 3.05) is 0 Å². The highest BCUT2D eigenvalue weighted by Crippen LogP contribution is 2.40. The molecule has 134 valence electrons. The molecule has 0 aromatic heterocycles. The van der Waals surface area contributed by atoms with Crippen molar-refractivity contribution in [3.05, 3.63) is 58.7 Å². The molecule has 0 aliphatic heterocycles. The lowest BCUT2D eigenvalue weighted by molar-refractivity contribution is 0.564. The van der Waals surface area contributed by atoms with Crippen molar-refractivity contribution in [3.8, 4) is 0 Å². The Hall–Kier alpha value is -2.80. The van der Waals surface area contributed by atoms with Crippen LogP contribution in [0, 0.1) is 0 Å². The van der Waals surface area contributed by atoms with Crippen LogP contribution in [0.3, 0.4) is 0 Å². The van der Waals surface area contributed by atoms with Gasteiger partial charge in [-0.15, -0.1) is 0 Å². The Balaban J connectivity index is 2.74. The van der Waals surface area contributed by atoms with Crippen LogP contribution in [0.2, 0.25) is 0 Å². The predicted octanol–water partition coefficient (Wildman–Crippen LogP) is 5.68. The van der Waals surface area contributed by atoms with Crippen molar-refractivity contribution in [1.29, 1.82) is 0 Å². The molecule has 0 fully saturated rings. The van der Waals surface area contributed by atoms with Crippen LogP contribution in [0.15, 0.2) is 46.4 Å². The topological polar surface area (TPSA) is 58.9 Å². The molecule has 26 heavy (non-hydrogen) atoms. The molecular weight excluding hydrogens is 324 g/mol. The molecule has 0 saturated carbocycles. The number of aryl methyl sites for hydroxylation is 1. The van der Waals surface area contributed by atoms with E-state index in [1.807, 2.05) is 12.1 Å². The minimum atomic E-state index is 0.0215.